The van der Waals surface area contributed by atoms with Crippen molar-refractivity contribution in [3.63, 3.8) is 0 Å². The van der Waals surface area contributed by atoms with Crippen molar-refractivity contribution in [3.8, 4) is 0 Å². The molecule has 18 heavy (non-hydrogen) atoms. The maximum atomic E-state index is 12.4. The molecule has 1 N–H and O–H groups in total. The van der Waals surface area contributed by atoms with Gasteiger partial charge in [-0.2, -0.15) is 0 Å². The second kappa shape index (κ2) is 7.10. The van der Waals surface area contributed by atoms with Gasteiger partial charge in [0.05, 0.1) is 12.2 Å². The van der Waals surface area contributed by atoms with Gasteiger partial charge in [-0.05, 0) is 39.4 Å². The van der Waals surface area contributed by atoms with Crippen LogP contribution in [0.4, 0.5) is 0 Å². The molecule has 3 atom stereocenters. The summed E-state index contributed by atoms with van der Waals surface area (Å²) >= 11 is 0. The van der Waals surface area contributed by atoms with Gasteiger partial charge in [0, 0.05) is 6.54 Å². The zero-order chi connectivity index (χ0) is 13.7. The Morgan fingerprint density at radius 2 is 2.06 bits per heavy atom. The Bertz CT molecular complexity index is 268. The second-order valence-corrected chi connectivity index (χ2v) is 5.64. The summed E-state index contributed by atoms with van der Waals surface area (Å²) in [6, 6.07) is 0.0271. The lowest BCUT2D eigenvalue weighted by Gasteiger charge is -2.23. The van der Waals surface area contributed by atoms with E-state index in [1.54, 1.807) is 0 Å². The van der Waals surface area contributed by atoms with Crippen LogP contribution in [0, 0.1) is 5.92 Å². The van der Waals surface area contributed by atoms with Crippen LogP contribution in [0.3, 0.4) is 0 Å². The topological polar surface area (TPSA) is 35.6 Å². The minimum absolute atomic E-state index is 0.0271. The van der Waals surface area contributed by atoms with Crippen LogP contribution >= 0.6 is 0 Å². The van der Waals surface area contributed by atoms with Gasteiger partial charge in [0.15, 0.2) is 0 Å². The molecule has 0 spiro atoms. The number of rotatable bonds is 7. The number of hydrogen-bond acceptors (Lipinski definition) is 3. The molecular formula is C14H29N3O. The lowest BCUT2D eigenvalue weighted by molar-refractivity contribution is -0.131. The molecular weight excluding hydrogens is 226 g/mol. The van der Waals surface area contributed by atoms with E-state index >= 15 is 0 Å². The van der Waals surface area contributed by atoms with Crippen LogP contribution in [0.5, 0.6) is 0 Å². The molecule has 4 nitrogen and oxygen atoms in total. The first kappa shape index (κ1) is 15.4. The number of carbonyl (C=O) groups excluding carboxylic acids is 1. The molecule has 0 radical (unpaired) electrons. The fourth-order valence-corrected chi connectivity index (χ4v) is 2.51. The number of amides is 1. The molecule has 0 aromatic rings. The maximum absolute atomic E-state index is 12.4. The van der Waals surface area contributed by atoms with Gasteiger partial charge in [-0.3, -0.25) is 10.1 Å². The molecule has 0 saturated carbocycles. The van der Waals surface area contributed by atoms with Crippen LogP contribution in [0.25, 0.3) is 0 Å². The van der Waals surface area contributed by atoms with E-state index in [9.17, 15) is 4.79 Å². The Kier molecular flexibility index (Phi) is 6.09. The highest BCUT2D eigenvalue weighted by Crippen LogP contribution is 2.21. The van der Waals surface area contributed by atoms with Crippen molar-refractivity contribution < 1.29 is 4.79 Å². The van der Waals surface area contributed by atoms with Crippen molar-refractivity contribution >= 4 is 5.91 Å². The number of nitrogens with zero attached hydrogens (tertiary/aromatic N) is 2. The van der Waals surface area contributed by atoms with E-state index in [1.807, 2.05) is 4.90 Å². The summed E-state index contributed by atoms with van der Waals surface area (Å²) in [5.74, 6) is 0.723. The fraction of sp³-hybridized carbons (Fsp3) is 0.929. The van der Waals surface area contributed by atoms with E-state index in [2.05, 4.69) is 45.1 Å². The Morgan fingerprint density at radius 1 is 1.39 bits per heavy atom. The van der Waals surface area contributed by atoms with Crippen LogP contribution in [-0.4, -0.2) is 55.1 Å². The molecule has 106 valence electrons. The molecule has 0 bridgehead atoms. The summed E-state index contributed by atoms with van der Waals surface area (Å²) in [5, 5.41) is 3.49. The van der Waals surface area contributed by atoms with Gasteiger partial charge in [-0.25, -0.2) is 0 Å². The summed E-state index contributed by atoms with van der Waals surface area (Å²) in [6.07, 6.45) is 3.31. The molecule has 1 heterocycles. The number of carbonyl (C=O) groups is 1. The van der Waals surface area contributed by atoms with Crippen LogP contribution in [0.15, 0.2) is 0 Å². The Morgan fingerprint density at radius 3 is 2.56 bits per heavy atom. The van der Waals surface area contributed by atoms with E-state index in [0.717, 1.165) is 32.4 Å². The van der Waals surface area contributed by atoms with Crippen LogP contribution in [0.1, 0.15) is 40.0 Å². The van der Waals surface area contributed by atoms with Crippen molar-refractivity contribution in [1.29, 1.82) is 0 Å². The first-order chi connectivity index (χ1) is 8.51. The molecule has 0 aromatic heterocycles. The third-order valence-electron chi connectivity index (χ3n) is 3.90. The molecule has 1 amide bonds. The monoisotopic (exact) mass is 255 g/mol. The first-order valence-corrected chi connectivity index (χ1v) is 7.22. The zero-order valence-electron chi connectivity index (χ0n) is 12.6. The second-order valence-electron chi connectivity index (χ2n) is 5.64. The van der Waals surface area contributed by atoms with Gasteiger partial charge >= 0.3 is 0 Å². The van der Waals surface area contributed by atoms with E-state index in [4.69, 9.17) is 0 Å². The Labute approximate surface area is 112 Å². The lowest BCUT2D eigenvalue weighted by atomic mass is 9.99. The Hall–Kier alpha value is -0.610. The molecule has 1 aliphatic heterocycles. The van der Waals surface area contributed by atoms with Crippen molar-refractivity contribution in [1.82, 2.24) is 15.1 Å². The summed E-state index contributed by atoms with van der Waals surface area (Å²) in [7, 11) is 4.15. The molecule has 1 saturated heterocycles. The van der Waals surface area contributed by atoms with Gasteiger partial charge in [0.25, 0.3) is 0 Å². The largest absolute Gasteiger partial charge is 0.326 e. The quantitative estimate of drug-likeness (QED) is 0.749. The minimum Gasteiger partial charge on any atom is -0.326 e. The molecule has 3 unspecified atom stereocenters. The van der Waals surface area contributed by atoms with Crippen molar-refractivity contribution in [2.24, 2.45) is 5.92 Å². The highest BCUT2D eigenvalue weighted by atomic mass is 16.2. The predicted octanol–water partition coefficient (Wildman–Crippen LogP) is 1.52. The van der Waals surface area contributed by atoms with Crippen molar-refractivity contribution in [3.05, 3.63) is 0 Å². The average Bonchev–Trinajstić information content (AvgIpc) is 2.65. The number of hydrogen-bond donors (Lipinski definition) is 1. The molecule has 1 aliphatic rings. The normalized spacial score (nSPS) is 26.1. The van der Waals surface area contributed by atoms with E-state index in [-0.39, 0.29) is 12.2 Å². The zero-order valence-corrected chi connectivity index (χ0v) is 12.6. The third kappa shape index (κ3) is 3.69. The third-order valence-corrected chi connectivity index (χ3v) is 3.90. The maximum Gasteiger partial charge on any atom is 0.241 e. The smallest absolute Gasteiger partial charge is 0.241 e. The van der Waals surface area contributed by atoms with E-state index in [1.165, 1.54) is 0 Å². The summed E-state index contributed by atoms with van der Waals surface area (Å²) < 4.78 is 0. The van der Waals surface area contributed by atoms with Crippen LogP contribution < -0.4 is 5.32 Å². The molecule has 0 aromatic carbocycles. The standard InChI is InChI=1S/C14H29N3O/c1-6-11(3)13-14(18)17(12(7-2)15-13)10-8-9-16(4)5/h11-13,15H,6-10H2,1-5H3. The van der Waals surface area contributed by atoms with Crippen LogP contribution in [0.2, 0.25) is 0 Å². The van der Waals surface area contributed by atoms with Gasteiger partial charge in [-0.15, -0.1) is 0 Å². The highest BCUT2D eigenvalue weighted by Gasteiger charge is 2.39. The van der Waals surface area contributed by atoms with Crippen molar-refractivity contribution in [2.75, 3.05) is 27.2 Å². The predicted molar refractivity (Wildman–Crippen MR) is 75.3 cm³/mol. The molecule has 4 heteroatoms. The Balaban J connectivity index is 2.56. The molecule has 1 rings (SSSR count). The van der Waals surface area contributed by atoms with Gasteiger partial charge in [0.1, 0.15) is 0 Å². The van der Waals surface area contributed by atoms with Gasteiger partial charge < -0.3 is 9.80 Å². The average molecular weight is 255 g/mol. The summed E-state index contributed by atoms with van der Waals surface area (Å²) in [6.45, 7) is 8.35. The minimum atomic E-state index is 0.0271. The van der Waals surface area contributed by atoms with E-state index < -0.39 is 0 Å². The first-order valence-electron chi connectivity index (χ1n) is 7.22. The van der Waals surface area contributed by atoms with Gasteiger partial charge in [-0.1, -0.05) is 27.2 Å². The molecule has 1 fully saturated rings. The lowest BCUT2D eigenvalue weighted by Crippen LogP contribution is -2.38. The highest BCUT2D eigenvalue weighted by molar-refractivity contribution is 5.84. The van der Waals surface area contributed by atoms with Crippen molar-refractivity contribution in [2.45, 2.75) is 52.2 Å². The van der Waals surface area contributed by atoms with Gasteiger partial charge in [0.2, 0.25) is 5.91 Å². The summed E-state index contributed by atoms with van der Waals surface area (Å²) in [4.78, 5) is 16.6. The molecule has 0 aliphatic carbocycles. The summed E-state index contributed by atoms with van der Waals surface area (Å²) in [5.41, 5.74) is 0. The van der Waals surface area contributed by atoms with E-state index in [0.29, 0.717) is 11.8 Å². The fourth-order valence-electron chi connectivity index (χ4n) is 2.51. The number of nitrogens with one attached hydrogen (secondary N) is 1. The van der Waals surface area contributed by atoms with Crippen LogP contribution in [-0.2, 0) is 4.79 Å². The SMILES string of the molecule is CCC(C)C1NC(CC)N(CCCN(C)C)C1=O.